The molecule has 0 saturated heterocycles. The number of hydrogen-bond donors (Lipinski definition) is 1. The van der Waals surface area contributed by atoms with Crippen molar-refractivity contribution in [1.82, 2.24) is 5.32 Å². The topological polar surface area (TPSA) is 12.0 Å². The third-order valence-electron chi connectivity index (χ3n) is 3.38. The largest absolute Gasteiger partial charge is 0.316 e. The minimum atomic E-state index is -0.157. The van der Waals surface area contributed by atoms with Crippen molar-refractivity contribution >= 4 is 22.5 Å². The van der Waals surface area contributed by atoms with Crippen molar-refractivity contribution in [2.24, 2.45) is 0 Å². The molecule has 0 aliphatic rings. The van der Waals surface area contributed by atoms with E-state index in [1.807, 2.05) is 25.2 Å². The molecule has 0 radical (unpaired) electrons. The monoisotopic (exact) mass is 297 g/mol. The minimum Gasteiger partial charge on any atom is -0.316 e. The first-order valence-electron chi connectivity index (χ1n) is 6.86. The highest BCUT2D eigenvalue weighted by atomic mass is 32.2. The summed E-state index contributed by atoms with van der Waals surface area (Å²) < 4.78 is 13.9. The van der Waals surface area contributed by atoms with E-state index in [1.165, 1.54) is 16.8 Å². The van der Waals surface area contributed by atoms with Gasteiger partial charge in [0.25, 0.3) is 0 Å². The van der Waals surface area contributed by atoms with Crippen LogP contribution in [-0.2, 0) is 6.54 Å². The second kappa shape index (κ2) is 6.29. The van der Waals surface area contributed by atoms with E-state index < -0.39 is 0 Å². The Kier molecular flexibility index (Phi) is 4.23. The van der Waals surface area contributed by atoms with Gasteiger partial charge in [-0.05, 0) is 42.1 Å². The Morgan fingerprint density at radius 1 is 0.952 bits per heavy atom. The molecule has 0 aliphatic heterocycles. The van der Waals surface area contributed by atoms with E-state index in [1.54, 1.807) is 17.8 Å². The van der Waals surface area contributed by atoms with E-state index in [4.69, 9.17) is 0 Å². The molecule has 0 saturated carbocycles. The van der Waals surface area contributed by atoms with Gasteiger partial charge in [0.05, 0.1) is 0 Å². The van der Waals surface area contributed by atoms with Crippen LogP contribution >= 0.6 is 11.8 Å². The number of fused-ring (bicyclic) bond motifs is 1. The summed E-state index contributed by atoms with van der Waals surface area (Å²) in [6.45, 7) is 0.530. The maximum Gasteiger partial charge on any atom is 0.128 e. The van der Waals surface area contributed by atoms with Crippen LogP contribution in [0.25, 0.3) is 10.8 Å². The highest BCUT2D eigenvalue weighted by Gasteiger charge is 2.09. The van der Waals surface area contributed by atoms with Gasteiger partial charge in [-0.15, -0.1) is 0 Å². The molecule has 0 bridgehead atoms. The van der Waals surface area contributed by atoms with Crippen molar-refractivity contribution in [2.75, 3.05) is 7.05 Å². The van der Waals surface area contributed by atoms with E-state index >= 15 is 0 Å². The first kappa shape index (κ1) is 14.1. The predicted molar refractivity (Wildman–Crippen MR) is 87.2 cm³/mol. The minimum absolute atomic E-state index is 0.157. The highest BCUT2D eigenvalue weighted by Crippen LogP contribution is 2.33. The van der Waals surface area contributed by atoms with Crippen LogP contribution in [0.15, 0.2) is 70.5 Å². The number of hydrogen-bond acceptors (Lipinski definition) is 2. The number of rotatable bonds is 4. The average Bonchev–Trinajstić information content (AvgIpc) is 2.51. The van der Waals surface area contributed by atoms with Gasteiger partial charge in [-0.3, -0.25) is 0 Å². The van der Waals surface area contributed by atoms with E-state index in [0.29, 0.717) is 6.54 Å². The molecule has 0 fully saturated rings. The van der Waals surface area contributed by atoms with Crippen molar-refractivity contribution < 1.29 is 4.39 Å². The fraction of sp³-hybridized carbons (Fsp3) is 0.111. The molecule has 1 N–H and O–H groups in total. The van der Waals surface area contributed by atoms with Gasteiger partial charge in [0, 0.05) is 21.9 Å². The second-order valence-corrected chi connectivity index (χ2v) is 5.97. The summed E-state index contributed by atoms with van der Waals surface area (Å²) in [5.41, 5.74) is 0.721. The smallest absolute Gasteiger partial charge is 0.128 e. The van der Waals surface area contributed by atoms with Gasteiger partial charge in [0.15, 0.2) is 0 Å². The Bertz CT molecular complexity index is 770. The molecule has 3 aromatic rings. The molecule has 0 amide bonds. The Morgan fingerprint density at radius 3 is 2.57 bits per heavy atom. The van der Waals surface area contributed by atoms with E-state index in [2.05, 4.69) is 35.6 Å². The fourth-order valence-corrected chi connectivity index (χ4v) is 3.36. The molecule has 3 heteroatoms. The summed E-state index contributed by atoms with van der Waals surface area (Å²) in [5.74, 6) is -0.157. The Morgan fingerprint density at radius 2 is 1.76 bits per heavy atom. The zero-order valence-electron chi connectivity index (χ0n) is 11.8. The number of halogens is 1. The van der Waals surface area contributed by atoms with Crippen molar-refractivity contribution in [3.05, 3.63) is 72.0 Å². The normalized spacial score (nSPS) is 11.0. The molecule has 0 spiro atoms. The highest BCUT2D eigenvalue weighted by molar-refractivity contribution is 7.99. The zero-order chi connectivity index (χ0) is 14.7. The average molecular weight is 297 g/mol. The standard InChI is InChI=1S/C18H16FNS/c1-20-12-16-17(19)7-4-8-18(16)21-15-10-9-13-5-2-3-6-14(13)11-15/h2-11,20H,12H2,1H3. The first-order valence-corrected chi connectivity index (χ1v) is 7.68. The van der Waals surface area contributed by atoms with Crippen LogP contribution in [0.1, 0.15) is 5.56 Å². The summed E-state index contributed by atoms with van der Waals surface area (Å²) >= 11 is 1.60. The Balaban J connectivity index is 1.96. The van der Waals surface area contributed by atoms with Crippen LogP contribution in [0.4, 0.5) is 4.39 Å². The lowest BCUT2D eigenvalue weighted by Crippen LogP contribution is -2.08. The molecule has 0 atom stereocenters. The molecule has 1 nitrogen and oxygen atoms in total. The van der Waals surface area contributed by atoms with Gasteiger partial charge < -0.3 is 5.32 Å². The van der Waals surface area contributed by atoms with E-state index in [0.717, 1.165) is 15.4 Å². The van der Waals surface area contributed by atoms with Gasteiger partial charge in [-0.1, -0.05) is 48.2 Å². The van der Waals surface area contributed by atoms with Crippen LogP contribution in [0, 0.1) is 5.82 Å². The Hall–Kier alpha value is -1.84. The summed E-state index contributed by atoms with van der Waals surface area (Å²) in [6.07, 6.45) is 0. The molecule has 106 valence electrons. The summed E-state index contributed by atoms with van der Waals surface area (Å²) in [5, 5.41) is 5.45. The molecular formula is C18H16FNS. The predicted octanol–water partition coefficient (Wildman–Crippen LogP) is 4.85. The van der Waals surface area contributed by atoms with Crippen molar-refractivity contribution in [1.29, 1.82) is 0 Å². The van der Waals surface area contributed by atoms with Gasteiger partial charge >= 0.3 is 0 Å². The second-order valence-electron chi connectivity index (χ2n) is 4.86. The fourth-order valence-electron chi connectivity index (χ4n) is 2.34. The van der Waals surface area contributed by atoms with E-state index in [-0.39, 0.29) is 5.82 Å². The third-order valence-corrected chi connectivity index (χ3v) is 4.47. The van der Waals surface area contributed by atoms with Gasteiger partial charge in [0.2, 0.25) is 0 Å². The maximum absolute atomic E-state index is 13.9. The van der Waals surface area contributed by atoms with E-state index in [9.17, 15) is 4.39 Å². The molecular weight excluding hydrogens is 281 g/mol. The maximum atomic E-state index is 13.9. The SMILES string of the molecule is CNCc1c(F)cccc1Sc1ccc2ccccc2c1. The van der Waals surface area contributed by atoms with Crippen LogP contribution in [0.2, 0.25) is 0 Å². The molecule has 21 heavy (non-hydrogen) atoms. The first-order chi connectivity index (χ1) is 10.3. The van der Waals surface area contributed by atoms with Crippen LogP contribution in [0.5, 0.6) is 0 Å². The van der Waals surface area contributed by atoms with Gasteiger partial charge in [-0.25, -0.2) is 4.39 Å². The molecule has 0 heterocycles. The number of nitrogens with one attached hydrogen (secondary N) is 1. The lowest BCUT2D eigenvalue weighted by molar-refractivity contribution is 0.594. The summed E-state index contributed by atoms with van der Waals surface area (Å²) in [6, 6.07) is 19.8. The molecule has 0 unspecified atom stereocenters. The summed E-state index contributed by atoms with van der Waals surface area (Å²) in [4.78, 5) is 2.08. The van der Waals surface area contributed by atoms with Crippen LogP contribution in [0.3, 0.4) is 0 Å². The van der Waals surface area contributed by atoms with Crippen molar-refractivity contribution in [3.8, 4) is 0 Å². The van der Waals surface area contributed by atoms with Gasteiger partial charge in [0.1, 0.15) is 5.82 Å². The third kappa shape index (κ3) is 3.09. The van der Waals surface area contributed by atoms with Gasteiger partial charge in [-0.2, -0.15) is 0 Å². The van der Waals surface area contributed by atoms with Crippen LogP contribution < -0.4 is 5.32 Å². The van der Waals surface area contributed by atoms with Crippen molar-refractivity contribution in [2.45, 2.75) is 16.3 Å². The molecule has 3 aromatic carbocycles. The summed E-state index contributed by atoms with van der Waals surface area (Å²) in [7, 11) is 1.83. The van der Waals surface area contributed by atoms with Crippen molar-refractivity contribution in [3.63, 3.8) is 0 Å². The molecule has 0 aliphatic carbocycles. The quantitative estimate of drug-likeness (QED) is 0.739. The Labute approximate surface area is 128 Å². The number of benzene rings is 3. The lowest BCUT2D eigenvalue weighted by atomic mass is 10.1. The van der Waals surface area contributed by atoms with Crippen LogP contribution in [-0.4, -0.2) is 7.05 Å². The lowest BCUT2D eigenvalue weighted by Gasteiger charge is -2.10. The molecule has 3 rings (SSSR count). The molecule has 0 aromatic heterocycles. The zero-order valence-corrected chi connectivity index (χ0v) is 12.6.